The third-order valence-electron chi connectivity index (χ3n) is 6.98. The van der Waals surface area contributed by atoms with Crippen LogP contribution in [0.15, 0.2) is 72.8 Å². The zero-order valence-corrected chi connectivity index (χ0v) is 21.8. The van der Waals surface area contributed by atoms with E-state index in [9.17, 15) is 19.2 Å². The topological polar surface area (TPSA) is 92.8 Å². The van der Waals surface area contributed by atoms with E-state index in [2.05, 4.69) is 11.4 Å². The summed E-state index contributed by atoms with van der Waals surface area (Å²) in [4.78, 5) is 52.8. The molecular formula is C32H28N2O5. The van der Waals surface area contributed by atoms with E-state index in [1.807, 2.05) is 56.3 Å². The van der Waals surface area contributed by atoms with Crippen LogP contribution >= 0.6 is 0 Å². The lowest BCUT2D eigenvalue weighted by Gasteiger charge is -2.28. The van der Waals surface area contributed by atoms with Gasteiger partial charge >= 0.3 is 0 Å². The van der Waals surface area contributed by atoms with Crippen LogP contribution in [0.4, 0.5) is 0 Å². The van der Waals surface area contributed by atoms with Gasteiger partial charge in [0.25, 0.3) is 24.2 Å². The van der Waals surface area contributed by atoms with Crippen LogP contribution in [0.2, 0.25) is 0 Å². The molecule has 0 saturated heterocycles. The zero-order chi connectivity index (χ0) is 27.5. The quantitative estimate of drug-likeness (QED) is 0.253. The molecule has 1 N–H and O–H groups in total. The molecule has 0 fully saturated rings. The van der Waals surface area contributed by atoms with Gasteiger partial charge in [0.1, 0.15) is 5.75 Å². The van der Waals surface area contributed by atoms with Gasteiger partial charge < -0.3 is 10.1 Å². The van der Waals surface area contributed by atoms with Crippen LogP contribution in [0.1, 0.15) is 53.3 Å². The van der Waals surface area contributed by atoms with E-state index in [0.717, 1.165) is 22.3 Å². The number of aryl methyl sites for hydroxylation is 2. The van der Waals surface area contributed by atoms with Gasteiger partial charge in [0.15, 0.2) is 0 Å². The van der Waals surface area contributed by atoms with Crippen molar-refractivity contribution in [3.05, 3.63) is 112 Å². The number of carbonyl (C=O) groups excluding carboxylic acids is 4. The Bertz CT molecular complexity index is 1600. The Balaban J connectivity index is 1.46. The third-order valence-corrected chi connectivity index (χ3v) is 6.98. The summed E-state index contributed by atoms with van der Waals surface area (Å²) in [5.74, 6) is -1.16. The van der Waals surface area contributed by atoms with Crippen molar-refractivity contribution in [2.75, 3.05) is 13.1 Å². The van der Waals surface area contributed by atoms with Gasteiger partial charge in [-0.15, -0.1) is 0 Å². The summed E-state index contributed by atoms with van der Waals surface area (Å²) in [6, 6.07) is 22.1. The van der Waals surface area contributed by atoms with Crippen LogP contribution in [0.3, 0.4) is 0 Å². The average molecular weight is 521 g/mol. The van der Waals surface area contributed by atoms with Gasteiger partial charge in [-0.05, 0) is 62.1 Å². The molecule has 1 heterocycles. The molecule has 39 heavy (non-hydrogen) atoms. The molecule has 0 atom stereocenters. The first kappa shape index (κ1) is 25.9. The second kappa shape index (κ2) is 10.9. The number of imide groups is 1. The van der Waals surface area contributed by atoms with E-state index >= 15 is 0 Å². The lowest BCUT2D eigenvalue weighted by atomic mass is 9.90. The number of carbonyl (C=O) groups is 4. The molecular weight excluding hydrogens is 492 g/mol. The fourth-order valence-corrected chi connectivity index (χ4v) is 5.14. The summed E-state index contributed by atoms with van der Waals surface area (Å²) in [5.41, 5.74) is 5.17. The molecule has 4 aromatic rings. The standard InChI is InChI=1S/C32H28N2O5/c1-20-5-3-7-22(17-20)13-15-33-30(36)24-9-10-25-28-26(11-12-27(29(24)28)39-19-35)32(38)34(31(25)37)16-14-23-8-4-6-21(2)18-23/h3-12,17-19H,13-16H2,1-2H3,(H,33,36). The minimum atomic E-state index is -0.445. The third kappa shape index (κ3) is 5.16. The molecule has 0 aliphatic carbocycles. The smallest absolute Gasteiger partial charge is 0.298 e. The number of hydrogen-bond donors (Lipinski definition) is 1. The van der Waals surface area contributed by atoms with Crippen LogP contribution in [-0.4, -0.2) is 42.2 Å². The maximum Gasteiger partial charge on any atom is 0.298 e. The fraction of sp³-hybridized carbons (Fsp3) is 0.188. The molecule has 0 unspecified atom stereocenters. The molecule has 5 rings (SSSR count). The first-order chi connectivity index (χ1) is 18.9. The van der Waals surface area contributed by atoms with Crippen LogP contribution in [0, 0.1) is 13.8 Å². The van der Waals surface area contributed by atoms with Crippen molar-refractivity contribution in [3.8, 4) is 5.75 Å². The predicted octanol–water partition coefficient (Wildman–Crippen LogP) is 4.80. The largest absolute Gasteiger partial charge is 0.428 e. The summed E-state index contributed by atoms with van der Waals surface area (Å²) in [6.07, 6.45) is 1.16. The van der Waals surface area contributed by atoms with E-state index in [4.69, 9.17) is 4.74 Å². The van der Waals surface area contributed by atoms with Crippen molar-refractivity contribution in [3.63, 3.8) is 0 Å². The van der Waals surface area contributed by atoms with E-state index in [1.54, 1.807) is 18.2 Å². The summed E-state index contributed by atoms with van der Waals surface area (Å²) in [7, 11) is 0. The maximum atomic E-state index is 13.5. The van der Waals surface area contributed by atoms with E-state index in [1.165, 1.54) is 11.0 Å². The molecule has 7 nitrogen and oxygen atoms in total. The molecule has 196 valence electrons. The van der Waals surface area contributed by atoms with Crippen molar-refractivity contribution in [1.29, 1.82) is 0 Å². The minimum absolute atomic E-state index is 0.114. The molecule has 3 amide bonds. The molecule has 0 aromatic heterocycles. The average Bonchev–Trinajstić information content (AvgIpc) is 2.92. The Morgan fingerprint density at radius 2 is 1.44 bits per heavy atom. The predicted molar refractivity (Wildman–Crippen MR) is 148 cm³/mol. The second-order valence-electron chi connectivity index (χ2n) is 9.73. The monoisotopic (exact) mass is 520 g/mol. The number of hydrogen-bond acceptors (Lipinski definition) is 5. The molecule has 4 aromatic carbocycles. The first-order valence-electron chi connectivity index (χ1n) is 12.8. The number of nitrogens with one attached hydrogen (secondary N) is 1. The normalized spacial score (nSPS) is 12.5. The lowest BCUT2D eigenvalue weighted by molar-refractivity contribution is -0.120. The molecule has 0 spiro atoms. The van der Waals surface area contributed by atoms with E-state index < -0.39 is 11.8 Å². The Hall–Kier alpha value is -4.78. The van der Waals surface area contributed by atoms with E-state index in [0.29, 0.717) is 24.8 Å². The summed E-state index contributed by atoms with van der Waals surface area (Å²) in [6.45, 7) is 4.88. The van der Waals surface area contributed by atoms with Crippen LogP contribution < -0.4 is 10.1 Å². The molecule has 0 saturated carbocycles. The first-order valence-corrected chi connectivity index (χ1v) is 12.8. The van der Waals surface area contributed by atoms with Gasteiger partial charge in [0, 0.05) is 35.0 Å². The maximum absolute atomic E-state index is 13.5. The Morgan fingerprint density at radius 3 is 2.05 bits per heavy atom. The van der Waals surface area contributed by atoms with Crippen LogP contribution in [0.5, 0.6) is 5.75 Å². The van der Waals surface area contributed by atoms with Crippen molar-refractivity contribution in [2.45, 2.75) is 26.7 Å². The minimum Gasteiger partial charge on any atom is -0.428 e. The van der Waals surface area contributed by atoms with Gasteiger partial charge in [0.05, 0.1) is 5.56 Å². The SMILES string of the molecule is Cc1cccc(CCNC(=O)c2ccc3c4c(ccc(OC=O)c24)C(=O)N(CCc2cccc(C)c2)C3=O)c1. The highest BCUT2D eigenvalue weighted by atomic mass is 16.5. The highest BCUT2D eigenvalue weighted by Gasteiger charge is 2.35. The highest BCUT2D eigenvalue weighted by molar-refractivity contribution is 6.28. The number of benzene rings is 4. The molecule has 1 aliphatic rings. The van der Waals surface area contributed by atoms with Crippen molar-refractivity contribution in [1.82, 2.24) is 10.2 Å². The van der Waals surface area contributed by atoms with Crippen molar-refractivity contribution in [2.24, 2.45) is 0 Å². The Labute approximate surface area is 226 Å². The molecule has 0 bridgehead atoms. The van der Waals surface area contributed by atoms with Crippen molar-refractivity contribution >= 4 is 35.0 Å². The number of nitrogens with zero attached hydrogens (tertiary/aromatic N) is 1. The highest BCUT2D eigenvalue weighted by Crippen LogP contribution is 2.38. The number of rotatable bonds is 9. The van der Waals surface area contributed by atoms with Crippen molar-refractivity contribution < 1.29 is 23.9 Å². The van der Waals surface area contributed by atoms with Gasteiger partial charge in [-0.3, -0.25) is 24.1 Å². The lowest BCUT2D eigenvalue weighted by Crippen LogP contribution is -2.41. The van der Waals surface area contributed by atoms with Gasteiger partial charge in [0.2, 0.25) is 0 Å². The molecule has 7 heteroatoms. The summed E-state index contributed by atoms with van der Waals surface area (Å²) >= 11 is 0. The van der Waals surface area contributed by atoms with Crippen LogP contribution in [-0.2, 0) is 17.6 Å². The summed E-state index contributed by atoms with van der Waals surface area (Å²) in [5, 5.41) is 3.50. The number of amides is 3. The van der Waals surface area contributed by atoms with Gasteiger partial charge in [-0.2, -0.15) is 0 Å². The zero-order valence-electron chi connectivity index (χ0n) is 21.8. The number of ether oxygens (including phenoxy) is 1. The summed E-state index contributed by atoms with van der Waals surface area (Å²) < 4.78 is 5.19. The Kier molecular flexibility index (Phi) is 7.23. The molecule has 0 radical (unpaired) electrons. The van der Waals surface area contributed by atoms with Crippen LogP contribution in [0.25, 0.3) is 10.8 Å². The second-order valence-corrected chi connectivity index (χ2v) is 9.73. The van der Waals surface area contributed by atoms with Gasteiger partial charge in [-0.25, -0.2) is 0 Å². The molecule has 1 aliphatic heterocycles. The van der Waals surface area contributed by atoms with E-state index in [-0.39, 0.29) is 46.8 Å². The Morgan fingerprint density at radius 1 is 0.821 bits per heavy atom. The van der Waals surface area contributed by atoms with Gasteiger partial charge in [-0.1, -0.05) is 59.7 Å². The fourth-order valence-electron chi connectivity index (χ4n) is 5.14.